The molecule has 0 spiro atoms. The van der Waals surface area contributed by atoms with Gasteiger partial charge < -0.3 is 29.6 Å². The molecule has 0 saturated carbocycles. The van der Waals surface area contributed by atoms with E-state index in [9.17, 15) is 4.79 Å². The highest BCUT2D eigenvalue weighted by Gasteiger charge is 2.15. The highest BCUT2D eigenvalue weighted by atomic mass is 35.5. The predicted octanol–water partition coefficient (Wildman–Crippen LogP) is 4.33. The molecule has 0 bridgehead atoms. The number of carbonyl (C=O) groups is 1. The van der Waals surface area contributed by atoms with E-state index in [0.717, 1.165) is 5.56 Å². The van der Waals surface area contributed by atoms with Crippen molar-refractivity contribution in [1.82, 2.24) is 0 Å². The van der Waals surface area contributed by atoms with Crippen LogP contribution in [-0.4, -0.2) is 34.5 Å². The zero-order valence-corrected chi connectivity index (χ0v) is 16.0. The minimum atomic E-state index is -0.459. The third-order valence-electron chi connectivity index (χ3n) is 3.65. The lowest BCUT2D eigenvalue weighted by Gasteiger charge is -2.16. The summed E-state index contributed by atoms with van der Waals surface area (Å²) in [7, 11) is 6.02. The van der Waals surface area contributed by atoms with Gasteiger partial charge in [0.05, 0.1) is 39.8 Å². The fourth-order valence-electron chi connectivity index (χ4n) is 2.37. The maximum atomic E-state index is 12.4. The van der Waals surface area contributed by atoms with Crippen molar-refractivity contribution in [3.8, 4) is 23.0 Å². The van der Waals surface area contributed by atoms with Gasteiger partial charge in [0.2, 0.25) is 5.75 Å². The van der Waals surface area contributed by atoms with Crippen LogP contribution in [0.4, 0.5) is 16.2 Å². The van der Waals surface area contributed by atoms with Crippen molar-refractivity contribution in [3.05, 3.63) is 34.9 Å². The molecule has 26 heavy (non-hydrogen) atoms. The molecule has 0 aliphatic rings. The molecule has 2 N–H and O–H groups in total. The van der Waals surface area contributed by atoms with Crippen LogP contribution in [0.25, 0.3) is 0 Å². The smallest absolute Gasteiger partial charge is 0.323 e. The molecule has 2 amide bonds. The van der Waals surface area contributed by atoms with Crippen LogP contribution >= 0.6 is 11.6 Å². The van der Waals surface area contributed by atoms with E-state index in [2.05, 4.69) is 10.6 Å². The summed E-state index contributed by atoms with van der Waals surface area (Å²) in [4.78, 5) is 12.4. The zero-order valence-electron chi connectivity index (χ0n) is 15.2. The summed E-state index contributed by atoms with van der Waals surface area (Å²) in [5.41, 5.74) is 1.79. The summed E-state index contributed by atoms with van der Waals surface area (Å²) in [5, 5.41) is 6.01. The number of hydrogen-bond acceptors (Lipinski definition) is 5. The average Bonchev–Trinajstić information content (AvgIpc) is 2.63. The van der Waals surface area contributed by atoms with Gasteiger partial charge in [-0.1, -0.05) is 11.6 Å². The fourth-order valence-corrected chi connectivity index (χ4v) is 2.52. The second-order valence-electron chi connectivity index (χ2n) is 5.29. The van der Waals surface area contributed by atoms with Gasteiger partial charge in [-0.2, -0.15) is 0 Å². The number of methoxy groups -OCH3 is 4. The third-order valence-corrected chi connectivity index (χ3v) is 4.06. The number of nitrogens with one attached hydrogen (secondary N) is 2. The first-order valence-electron chi connectivity index (χ1n) is 7.65. The number of benzene rings is 2. The van der Waals surface area contributed by atoms with Gasteiger partial charge in [0.1, 0.15) is 5.75 Å². The van der Waals surface area contributed by atoms with Gasteiger partial charge in [-0.3, -0.25) is 0 Å². The zero-order chi connectivity index (χ0) is 19.3. The van der Waals surface area contributed by atoms with Gasteiger partial charge in [-0.15, -0.1) is 0 Å². The third kappa shape index (κ3) is 4.23. The van der Waals surface area contributed by atoms with E-state index in [0.29, 0.717) is 39.4 Å². The SMILES string of the molecule is COc1cc(Cl)c(C)cc1NC(=O)Nc1cc(OC)c(OC)c(OC)c1. The van der Waals surface area contributed by atoms with Crippen LogP contribution in [0.1, 0.15) is 5.56 Å². The van der Waals surface area contributed by atoms with Crippen LogP contribution in [-0.2, 0) is 0 Å². The lowest BCUT2D eigenvalue weighted by Crippen LogP contribution is -2.20. The maximum Gasteiger partial charge on any atom is 0.323 e. The molecule has 0 atom stereocenters. The van der Waals surface area contributed by atoms with E-state index in [1.165, 1.54) is 28.4 Å². The highest BCUT2D eigenvalue weighted by molar-refractivity contribution is 6.31. The van der Waals surface area contributed by atoms with Gasteiger partial charge in [0, 0.05) is 23.2 Å². The molecule has 0 saturated heterocycles. The lowest BCUT2D eigenvalue weighted by molar-refractivity contribution is 0.262. The van der Waals surface area contributed by atoms with E-state index >= 15 is 0 Å². The molecule has 2 aromatic rings. The topological polar surface area (TPSA) is 78.1 Å². The Hall–Kier alpha value is -2.80. The first kappa shape index (κ1) is 19.5. The number of rotatable bonds is 6. The van der Waals surface area contributed by atoms with Gasteiger partial charge >= 0.3 is 6.03 Å². The number of carbonyl (C=O) groups excluding carboxylic acids is 1. The summed E-state index contributed by atoms with van der Waals surface area (Å²) in [6.07, 6.45) is 0. The Kier molecular flexibility index (Phi) is 6.41. The molecule has 0 radical (unpaired) electrons. The molecule has 0 aromatic heterocycles. The van der Waals surface area contributed by atoms with Crippen molar-refractivity contribution >= 4 is 29.0 Å². The van der Waals surface area contributed by atoms with Gasteiger partial charge in [-0.05, 0) is 18.6 Å². The molecule has 140 valence electrons. The number of aryl methyl sites for hydroxylation is 1. The van der Waals surface area contributed by atoms with E-state index in [4.69, 9.17) is 30.5 Å². The van der Waals surface area contributed by atoms with Crippen LogP contribution < -0.4 is 29.6 Å². The lowest BCUT2D eigenvalue weighted by atomic mass is 10.2. The van der Waals surface area contributed by atoms with Gasteiger partial charge in [-0.25, -0.2) is 4.79 Å². The quantitative estimate of drug-likeness (QED) is 0.780. The molecular formula is C18H21ClN2O5. The molecule has 0 heterocycles. The second kappa shape index (κ2) is 8.53. The first-order valence-corrected chi connectivity index (χ1v) is 8.03. The summed E-state index contributed by atoms with van der Waals surface area (Å²) in [6, 6.07) is 6.18. The first-order chi connectivity index (χ1) is 12.4. The number of anilines is 2. The monoisotopic (exact) mass is 380 g/mol. The largest absolute Gasteiger partial charge is 0.495 e. The van der Waals surface area contributed by atoms with Crippen LogP contribution in [0.3, 0.4) is 0 Å². The average molecular weight is 381 g/mol. The molecule has 7 nitrogen and oxygen atoms in total. The Bertz CT molecular complexity index is 785. The normalized spacial score (nSPS) is 10.1. The van der Waals surface area contributed by atoms with Gasteiger partial charge in [0.15, 0.2) is 11.5 Å². The van der Waals surface area contributed by atoms with Crippen molar-refractivity contribution in [2.24, 2.45) is 0 Å². The maximum absolute atomic E-state index is 12.4. The van der Waals surface area contributed by atoms with E-state index in [1.54, 1.807) is 24.3 Å². The summed E-state index contributed by atoms with van der Waals surface area (Å²) >= 11 is 6.08. The van der Waals surface area contributed by atoms with E-state index < -0.39 is 6.03 Å². The Labute approximate surface area is 157 Å². The van der Waals surface area contributed by atoms with E-state index in [1.807, 2.05) is 6.92 Å². The van der Waals surface area contributed by atoms with Crippen LogP contribution in [0.15, 0.2) is 24.3 Å². The Morgan fingerprint density at radius 1 is 0.846 bits per heavy atom. The number of amides is 2. The minimum absolute atomic E-state index is 0.432. The van der Waals surface area contributed by atoms with Crippen molar-refractivity contribution < 1.29 is 23.7 Å². The number of halogens is 1. The Balaban J connectivity index is 2.24. The molecule has 2 rings (SSSR count). The second-order valence-corrected chi connectivity index (χ2v) is 5.70. The molecule has 8 heteroatoms. The summed E-state index contributed by atoms with van der Waals surface area (Å²) in [6.45, 7) is 1.84. The number of hydrogen-bond donors (Lipinski definition) is 2. The Morgan fingerprint density at radius 2 is 1.42 bits per heavy atom. The van der Waals surface area contributed by atoms with Crippen molar-refractivity contribution in [2.45, 2.75) is 6.92 Å². The molecular weight excluding hydrogens is 360 g/mol. The molecule has 2 aromatic carbocycles. The van der Waals surface area contributed by atoms with Crippen molar-refractivity contribution in [3.63, 3.8) is 0 Å². The van der Waals surface area contributed by atoms with Crippen molar-refractivity contribution in [2.75, 3.05) is 39.1 Å². The Morgan fingerprint density at radius 3 is 1.92 bits per heavy atom. The fraction of sp³-hybridized carbons (Fsp3) is 0.278. The minimum Gasteiger partial charge on any atom is -0.495 e. The van der Waals surface area contributed by atoms with Crippen LogP contribution in [0, 0.1) is 6.92 Å². The van der Waals surface area contributed by atoms with Gasteiger partial charge in [0.25, 0.3) is 0 Å². The van der Waals surface area contributed by atoms with Crippen molar-refractivity contribution in [1.29, 1.82) is 0 Å². The molecule has 0 aliphatic heterocycles. The van der Waals surface area contributed by atoms with Crippen LogP contribution in [0.5, 0.6) is 23.0 Å². The molecule has 0 unspecified atom stereocenters. The molecule has 0 aliphatic carbocycles. The molecule has 0 fully saturated rings. The van der Waals surface area contributed by atoms with Crippen LogP contribution in [0.2, 0.25) is 5.02 Å². The number of urea groups is 1. The predicted molar refractivity (Wildman–Crippen MR) is 101 cm³/mol. The summed E-state index contributed by atoms with van der Waals surface area (Å²) in [5.74, 6) is 1.76. The summed E-state index contributed by atoms with van der Waals surface area (Å²) < 4.78 is 21.1. The highest BCUT2D eigenvalue weighted by Crippen LogP contribution is 2.40. The standard InChI is InChI=1S/C18H21ClN2O5/c1-10-6-13(14(23-2)9-12(10)19)21-18(22)20-11-7-15(24-3)17(26-5)16(8-11)25-4/h6-9H,1-5H3,(H2,20,21,22). The van der Waals surface area contributed by atoms with E-state index in [-0.39, 0.29) is 0 Å². The number of ether oxygens (including phenoxy) is 4.